The van der Waals surface area contributed by atoms with Gasteiger partial charge in [0.15, 0.2) is 4.80 Å². The lowest BCUT2D eigenvalue weighted by Crippen LogP contribution is -2.39. The number of hydrogen-bond acceptors (Lipinski definition) is 7. The molecular weight excluding hydrogens is 521 g/mol. The molecular formula is C26H19Cl2N3O4S. The molecule has 0 saturated carbocycles. The zero-order valence-electron chi connectivity index (χ0n) is 19.2. The Kier molecular flexibility index (Phi) is 6.66. The molecule has 0 saturated heterocycles. The number of benzene rings is 1. The minimum atomic E-state index is -0.851. The van der Waals surface area contributed by atoms with Gasteiger partial charge in [-0.15, -0.1) is 0 Å². The number of halogens is 2. The summed E-state index contributed by atoms with van der Waals surface area (Å²) in [6.07, 6.45) is 5.08. The molecule has 0 spiro atoms. The first-order valence-corrected chi connectivity index (χ1v) is 12.6. The second-order valence-electron chi connectivity index (χ2n) is 7.91. The number of carbonyl (C=O) groups is 1. The van der Waals surface area contributed by atoms with Crippen molar-refractivity contribution in [1.29, 1.82) is 0 Å². The van der Waals surface area contributed by atoms with Gasteiger partial charge in [-0.25, -0.2) is 9.79 Å². The van der Waals surface area contributed by atoms with Gasteiger partial charge in [0, 0.05) is 18.0 Å². The van der Waals surface area contributed by atoms with Gasteiger partial charge >= 0.3 is 5.97 Å². The maximum atomic E-state index is 13.6. The molecule has 0 amide bonds. The average molecular weight is 540 g/mol. The van der Waals surface area contributed by atoms with Crippen molar-refractivity contribution in [3.8, 4) is 11.3 Å². The minimum Gasteiger partial charge on any atom is -0.463 e. The van der Waals surface area contributed by atoms with Crippen LogP contribution in [0.2, 0.25) is 10.0 Å². The molecule has 1 aliphatic heterocycles. The van der Waals surface area contributed by atoms with E-state index in [4.69, 9.17) is 32.4 Å². The van der Waals surface area contributed by atoms with Crippen LogP contribution in [-0.2, 0) is 9.53 Å². The molecule has 4 heterocycles. The van der Waals surface area contributed by atoms with Crippen LogP contribution in [0.3, 0.4) is 0 Å². The number of allylic oxidation sites excluding steroid dienone is 1. The van der Waals surface area contributed by atoms with E-state index in [2.05, 4.69) is 9.98 Å². The molecule has 0 N–H and O–H groups in total. The first kappa shape index (κ1) is 24.2. The van der Waals surface area contributed by atoms with Gasteiger partial charge in [-0.1, -0.05) is 34.5 Å². The third-order valence-corrected chi connectivity index (χ3v) is 7.34. The predicted molar refractivity (Wildman–Crippen MR) is 139 cm³/mol. The van der Waals surface area contributed by atoms with Gasteiger partial charge in [0.05, 0.1) is 32.5 Å². The third-order valence-electron chi connectivity index (χ3n) is 5.62. The zero-order chi connectivity index (χ0) is 25.4. The lowest BCUT2D eigenvalue weighted by atomic mass is 10.0. The highest BCUT2D eigenvalue weighted by Gasteiger charge is 2.35. The Morgan fingerprint density at radius 2 is 1.94 bits per heavy atom. The van der Waals surface area contributed by atoms with Gasteiger partial charge < -0.3 is 9.15 Å². The van der Waals surface area contributed by atoms with Crippen LogP contribution in [0, 0.1) is 0 Å². The van der Waals surface area contributed by atoms with Gasteiger partial charge in [0.2, 0.25) is 0 Å². The number of thiazole rings is 1. The summed E-state index contributed by atoms with van der Waals surface area (Å²) in [4.78, 5) is 35.7. The molecule has 4 aromatic rings. The van der Waals surface area contributed by atoms with Crippen molar-refractivity contribution in [2.75, 3.05) is 6.61 Å². The van der Waals surface area contributed by atoms with Crippen LogP contribution in [0.4, 0.5) is 0 Å². The lowest BCUT2D eigenvalue weighted by Gasteiger charge is -2.22. The highest BCUT2D eigenvalue weighted by molar-refractivity contribution is 7.07. The van der Waals surface area contributed by atoms with Gasteiger partial charge in [-0.3, -0.25) is 14.3 Å². The van der Waals surface area contributed by atoms with Crippen molar-refractivity contribution >= 4 is 46.6 Å². The summed E-state index contributed by atoms with van der Waals surface area (Å²) in [6.45, 7) is 3.63. The highest BCUT2D eigenvalue weighted by atomic mass is 35.5. The normalized spacial score (nSPS) is 15.6. The lowest BCUT2D eigenvalue weighted by molar-refractivity contribution is -0.139. The van der Waals surface area contributed by atoms with Crippen LogP contribution >= 0.6 is 34.5 Å². The van der Waals surface area contributed by atoms with Gasteiger partial charge in [-0.2, -0.15) is 0 Å². The number of nitrogens with zero attached hydrogens (tertiary/aromatic N) is 3. The molecule has 0 aliphatic carbocycles. The molecule has 7 nitrogen and oxygen atoms in total. The maximum Gasteiger partial charge on any atom is 0.338 e. The summed E-state index contributed by atoms with van der Waals surface area (Å²) < 4.78 is 13.5. The first-order chi connectivity index (χ1) is 17.4. The van der Waals surface area contributed by atoms with E-state index in [1.54, 1.807) is 74.8 Å². The summed E-state index contributed by atoms with van der Waals surface area (Å²) in [5.41, 5.74) is 1.95. The number of fused-ring (bicyclic) bond motifs is 1. The van der Waals surface area contributed by atoms with Crippen molar-refractivity contribution in [1.82, 2.24) is 9.55 Å². The summed E-state index contributed by atoms with van der Waals surface area (Å²) in [7, 11) is 0. The number of furan rings is 1. The Hall–Kier alpha value is -3.46. The smallest absolute Gasteiger partial charge is 0.338 e. The fraction of sp³-hybridized carbons (Fsp3) is 0.154. The van der Waals surface area contributed by atoms with Crippen LogP contribution < -0.4 is 14.9 Å². The van der Waals surface area contributed by atoms with E-state index in [0.29, 0.717) is 42.2 Å². The Bertz CT molecular complexity index is 1690. The quantitative estimate of drug-likeness (QED) is 0.341. The Balaban J connectivity index is 1.69. The van der Waals surface area contributed by atoms with Crippen molar-refractivity contribution in [2.24, 2.45) is 4.99 Å². The Morgan fingerprint density at radius 1 is 1.17 bits per heavy atom. The third kappa shape index (κ3) is 4.43. The fourth-order valence-electron chi connectivity index (χ4n) is 3.98. The van der Waals surface area contributed by atoms with Crippen molar-refractivity contribution in [2.45, 2.75) is 19.9 Å². The minimum absolute atomic E-state index is 0.182. The van der Waals surface area contributed by atoms with Crippen molar-refractivity contribution in [3.05, 3.63) is 107 Å². The molecule has 1 aliphatic rings. The highest BCUT2D eigenvalue weighted by Crippen LogP contribution is 2.35. The fourth-order valence-corrected chi connectivity index (χ4v) is 5.32. The van der Waals surface area contributed by atoms with Crippen molar-refractivity contribution in [3.63, 3.8) is 0 Å². The second kappa shape index (κ2) is 9.89. The molecule has 10 heteroatoms. The summed E-state index contributed by atoms with van der Waals surface area (Å²) in [6, 6.07) is 11.4. The van der Waals surface area contributed by atoms with Crippen molar-refractivity contribution < 1.29 is 13.9 Å². The SMILES string of the molecule is CCOC(=O)C1=C(C)N=c2s/c(=C\c3ccncc3)c(=O)n2[C@H]1c1ccc(-c2ccc(Cl)c(Cl)c2)o1. The summed E-state index contributed by atoms with van der Waals surface area (Å²) >= 11 is 13.5. The van der Waals surface area contributed by atoms with E-state index < -0.39 is 12.0 Å². The number of esters is 1. The largest absolute Gasteiger partial charge is 0.463 e. The average Bonchev–Trinajstić information content (AvgIpc) is 3.46. The van der Waals surface area contributed by atoms with Gasteiger partial charge in [0.25, 0.3) is 5.56 Å². The first-order valence-electron chi connectivity index (χ1n) is 11.0. The molecule has 3 aromatic heterocycles. The summed E-state index contributed by atoms with van der Waals surface area (Å²) in [5.74, 6) is 0.352. The van der Waals surface area contributed by atoms with E-state index in [1.165, 1.54) is 15.9 Å². The number of pyridine rings is 1. The number of ether oxygens (including phenoxy) is 1. The predicted octanol–water partition coefficient (Wildman–Crippen LogP) is 4.76. The standard InChI is InChI=1S/C26H19Cl2N3O4S/c1-3-34-25(33)22-14(2)30-26-31(24(32)21(36-26)12-15-8-10-29-11-9-15)23(22)20-7-6-19(35-20)16-4-5-17(27)18(28)13-16/h4-13,23H,3H2,1-2H3/b21-12-/t23-/m0/s1. The monoisotopic (exact) mass is 539 g/mol. The Morgan fingerprint density at radius 3 is 2.67 bits per heavy atom. The molecule has 36 heavy (non-hydrogen) atoms. The van der Waals surface area contributed by atoms with Gasteiger partial charge in [0.1, 0.15) is 17.6 Å². The number of hydrogen-bond donors (Lipinski definition) is 0. The molecule has 5 rings (SSSR count). The Labute approximate surface area is 219 Å². The topological polar surface area (TPSA) is 86.7 Å². The van der Waals surface area contributed by atoms with Crippen LogP contribution in [0.5, 0.6) is 0 Å². The molecule has 0 fully saturated rings. The van der Waals surface area contributed by atoms with Crippen LogP contribution in [0.25, 0.3) is 17.4 Å². The van der Waals surface area contributed by atoms with Crippen LogP contribution in [-0.4, -0.2) is 22.1 Å². The molecule has 0 unspecified atom stereocenters. The van der Waals surface area contributed by atoms with E-state index in [-0.39, 0.29) is 17.7 Å². The molecule has 182 valence electrons. The van der Waals surface area contributed by atoms with E-state index >= 15 is 0 Å². The van der Waals surface area contributed by atoms with E-state index in [0.717, 1.165) is 5.56 Å². The summed E-state index contributed by atoms with van der Waals surface area (Å²) in [5, 5.41) is 0.816. The zero-order valence-corrected chi connectivity index (χ0v) is 21.5. The number of rotatable bonds is 5. The van der Waals surface area contributed by atoms with E-state index in [1.807, 2.05) is 0 Å². The van der Waals surface area contributed by atoms with Crippen LogP contribution in [0.1, 0.15) is 31.2 Å². The van der Waals surface area contributed by atoms with Crippen LogP contribution in [0.15, 0.2) is 80.3 Å². The number of aromatic nitrogens is 2. The molecule has 1 atom stereocenters. The molecule has 1 aromatic carbocycles. The maximum absolute atomic E-state index is 13.6. The van der Waals surface area contributed by atoms with E-state index in [9.17, 15) is 9.59 Å². The van der Waals surface area contributed by atoms with Gasteiger partial charge in [-0.05, 0) is 68.0 Å². The second-order valence-corrected chi connectivity index (χ2v) is 9.74. The molecule has 0 bridgehead atoms. The number of carbonyl (C=O) groups excluding carboxylic acids is 1. The molecule has 0 radical (unpaired) electrons.